The largest absolute Gasteiger partial charge is 0.374 e. The number of nitrogens with two attached hydrogens (primary N) is 1. The zero-order chi connectivity index (χ0) is 18.6. The van der Waals surface area contributed by atoms with Crippen LogP contribution in [0.4, 0.5) is 11.4 Å². The molecule has 0 aliphatic rings. The number of nitrogens with one attached hydrogen (secondary N) is 2. The summed E-state index contributed by atoms with van der Waals surface area (Å²) in [7, 11) is 0. The van der Waals surface area contributed by atoms with Gasteiger partial charge >= 0.3 is 0 Å². The van der Waals surface area contributed by atoms with E-state index in [9.17, 15) is 14.4 Å². The Hall–Kier alpha value is -2.86. The first-order valence-corrected chi connectivity index (χ1v) is 7.93. The van der Waals surface area contributed by atoms with Crippen LogP contribution in [-0.2, 0) is 4.79 Å². The molecule has 2 amide bonds. The molecule has 2 rings (SSSR count). The van der Waals surface area contributed by atoms with Gasteiger partial charge in [-0.25, -0.2) is 0 Å². The Bertz CT molecular complexity index is 819. The summed E-state index contributed by atoms with van der Waals surface area (Å²) in [4.78, 5) is 34.8. The van der Waals surface area contributed by atoms with Gasteiger partial charge in [0.2, 0.25) is 11.8 Å². The Morgan fingerprint density at radius 1 is 1.04 bits per heavy atom. The zero-order valence-electron chi connectivity index (χ0n) is 13.8. The second-order valence-corrected chi connectivity index (χ2v) is 5.95. The van der Waals surface area contributed by atoms with E-state index >= 15 is 0 Å². The Morgan fingerprint density at radius 2 is 1.64 bits per heavy atom. The number of rotatable bonds is 6. The number of hydrogen-bond donors (Lipinski definition) is 3. The van der Waals surface area contributed by atoms with Gasteiger partial charge in [-0.1, -0.05) is 11.6 Å². The van der Waals surface area contributed by atoms with Gasteiger partial charge in [0.25, 0.3) is 0 Å². The van der Waals surface area contributed by atoms with Gasteiger partial charge in [-0.15, -0.1) is 0 Å². The zero-order valence-corrected chi connectivity index (χ0v) is 14.6. The molecule has 7 heteroatoms. The lowest BCUT2D eigenvalue weighted by Crippen LogP contribution is -2.32. The number of carbonyl (C=O) groups excluding carboxylic acids is 3. The molecule has 4 N–H and O–H groups in total. The van der Waals surface area contributed by atoms with Gasteiger partial charge in [-0.2, -0.15) is 0 Å². The van der Waals surface area contributed by atoms with Crippen LogP contribution in [0.5, 0.6) is 0 Å². The molecular formula is C18H18ClN3O3. The lowest BCUT2D eigenvalue weighted by molar-refractivity contribution is -0.116. The summed E-state index contributed by atoms with van der Waals surface area (Å²) in [5, 5.41) is 5.98. The highest BCUT2D eigenvalue weighted by atomic mass is 35.5. The summed E-state index contributed by atoms with van der Waals surface area (Å²) in [5.74, 6) is -0.955. The van der Waals surface area contributed by atoms with Crippen LogP contribution >= 0.6 is 11.6 Å². The number of amides is 2. The van der Waals surface area contributed by atoms with Gasteiger partial charge < -0.3 is 16.4 Å². The highest BCUT2D eigenvalue weighted by molar-refractivity contribution is 6.33. The van der Waals surface area contributed by atoms with Crippen molar-refractivity contribution < 1.29 is 14.4 Å². The van der Waals surface area contributed by atoms with Crippen molar-refractivity contribution >= 4 is 40.6 Å². The number of benzene rings is 2. The number of Topliss-reactive ketones (excluding diaryl/α,β-unsaturated/α-hetero) is 1. The number of hydrogen-bond acceptors (Lipinski definition) is 4. The smallest absolute Gasteiger partial charge is 0.250 e. The van der Waals surface area contributed by atoms with Crippen molar-refractivity contribution in [2.75, 3.05) is 10.6 Å². The van der Waals surface area contributed by atoms with E-state index in [0.717, 1.165) is 0 Å². The standard InChI is InChI=1S/C18H18ClN3O3/c1-10(21-14-7-8-16(19)15(9-14)17(20)24)18(25)22-13-5-3-12(4-6-13)11(2)23/h3-10,21H,1-2H3,(H2,20,24)(H,22,25)/t10-/m0/s1. The molecule has 130 valence electrons. The summed E-state index contributed by atoms with van der Waals surface area (Å²) in [6.07, 6.45) is 0. The Labute approximate surface area is 150 Å². The molecular weight excluding hydrogens is 342 g/mol. The second-order valence-electron chi connectivity index (χ2n) is 5.55. The normalized spacial score (nSPS) is 11.5. The van der Waals surface area contributed by atoms with E-state index in [1.807, 2.05) is 0 Å². The van der Waals surface area contributed by atoms with Gasteiger partial charge in [0.05, 0.1) is 10.6 Å². The van der Waals surface area contributed by atoms with E-state index in [1.165, 1.54) is 19.1 Å². The predicted molar refractivity (Wildman–Crippen MR) is 98.1 cm³/mol. The summed E-state index contributed by atoms with van der Waals surface area (Å²) in [5.41, 5.74) is 7.14. The molecule has 0 bridgehead atoms. The van der Waals surface area contributed by atoms with Crippen LogP contribution in [-0.4, -0.2) is 23.6 Å². The van der Waals surface area contributed by atoms with Crippen molar-refractivity contribution in [3.63, 3.8) is 0 Å². The SMILES string of the molecule is CC(=O)c1ccc(NC(=O)[C@H](C)Nc2ccc(Cl)c(C(N)=O)c2)cc1. The minimum absolute atomic E-state index is 0.0408. The van der Waals surface area contributed by atoms with E-state index < -0.39 is 11.9 Å². The van der Waals surface area contributed by atoms with Crippen LogP contribution < -0.4 is 16.4 Å². The minimum atomic E-state index is -0.642. The Morgan fingerprint density at radius 3 is 2.20 bits per heavy atom. The molecule has 0 heterocycles. The highest BCUT2D eigenvalue weighted by Gasteiger charge is 2.15. The van der Waals surface area contributed by atoms with E-state index in [0.29, 0.717) is 16.9 Å². The number of halogens is 1. The van der Waals surface area contributed by atoms with Gasteiger partial charge in [-0.05, 0) is 56.3 Å². The fourth-order valence-electron chi connectivity index (χ4n) is 2.16. The van der Waals surface area contributed by atoms with Gasteiger partial charge in [-0.3, -0.25) is 14.4 Å². The maximum Gasteiger partial charge on any atom is 0.250 e. The molecule has 0 aromatic heterocycles. The van der Waals surface area contributed by atoms with Gasteiger partial charge in [0, 0.05) is 16.9 Å². The third-order valence-corrected chi connectivity index (χ3v) is 3.90. The second kappa shape index (κ2) is 7.81. The quantitative estimate of drug-likeness (QED) is 0.690. The maximum absolute atomic E-state index is 12.3. The summed E-state index contributed by atoms with van der Waals surface area (Å²) >= 11 is 5.90. The number of anilines is 2. The van der Waals surface area contributed by atoms with E-state index in [1.54, 1.807) is 37.3 Å². The fourth-order valence-corrected chi connectivity index (χ4v) is 2.37. The predicted octanol–water partition coefficient (Wildman–Crippen LogP) is 3.08. The van der Waals surface area contributed by atoms with Crippen LogP contribution in [0, 0.1) is 0 Å². The monoisotopic (exact) mass is 359 g/mol. The minimum Gasteiger partial charge on any atom is -0.374 e. The topological polar surface area (TPSA) is 101 Å². The lowest BCUT2D eigenvalue weighted by atomic mass is 10.1. The fraction of sp³-hybridized carbons (Fsp3) is 0.167. The average molecular weight is 360 g/mol. The summed E-state index contributed by atoms with van der Waals surface area (Å²) in [6.45, 7) is 3.16. The molecule has 25 heavy (non-hydrogen) atoms. The first-order valence-electron chi connectivity index (χ1n) is 7.55. The van der Waals surface area contributed by atoms with Crippen LogP contribution in [0.1, 0.15) is 34.6 Å². The van der Waals surface area contributed by atoms with Crippen molar-refractivity contribution in [1.29, 1.82) is 0 Å². The molecule has 0 saturated carbocycles. The highest BCUT2D eigenvalue weighted by Crippen LogP contribution is 2.21. The molecule has 0 spiro atoms. The van der Waals surface area contributed by atoms with Crippen LogP contribution in [0.25, 0.3) is 0 Å². The number of carbonyl (C=O) groups is 3. The summed E-state index contributed by atoms with van der Waals surface area (Å²) < 4.78 is 0. The number of primary amides is 1. The third-order valence-electron chi connectivity index (χ3n) is 3.57. The first-order chi connectivity index (χ1) is 11.8. The molecule has 0 saturated heterocycles. The van der Waals surface area contributed by atoms with Crippen LogP contribution in [0.3, 0.4) is 0 Å². The molecule has 6 nitrogen and oxygen atoms in total. The van der Waals surface area contributed by atoms with Crippen molar-refractivity contribution in [2.24, 2.45) is 5.73 Å². The summed E-state index contributed by atoms with van der Waals surface area (Å²) in [6, 6.07) is 10.7. The average Bonchev–Trinajstić information content (AvgIpc) is 2.56. The lowest BCUT2D eigenvalue weighted by Gasteiger charge is -2.16. The molecule has 1 atom stereocenters. The molecule has 0 aliphatic carbocycles. The van der Waals surface area contributed by atoms with Crippen molar-refractivity contribution in [3.05, 3.63) is 58.6 Å². The van der Waals surface area contributed by atoms with Gasteiger partial charge in [0.15, 0.2) is 5.78 Å². The van der Waals surface area contributed by atoms with Crippen molar-refractivity contribution in [2.45, 2.75) is 19.9 Å². The third kappa shape index (κ3) is 4.81. The van der Waals surface area contributed by atoms with Gasteiger partial charge in [0.1, 0.15) is 6.04 Å². The molecule has 0 aliphatic heterocycles. The Kier molecular flexibility index (Phi) is 5.77. The molecule has 2 aromatic carbocycles. The molecule has 0 unspecified atom stereocenters. The molecule has 2 aromatic rings. The van der Waals surface area contributed by atoms with E-state index in [2.05, 4.69) is 10.6 Å². The molecule has 0 fully saturated rings. The Balaban J connectivity index is 2.04. The number of ketones is 1. The van der Waals surface area contributed by atoms with Crippen molar-refractivity contribution in [3.8, 4) is 0 Å². The van der Waals surface area contributed by atoms with E-state index in [-0.39, 0.29) is 22.3 Å². The van der Waals surface area contributed by atoms with E-state index in [4.69, 9.17) is 17.3 Å². The van der Waals surface area contributed by atoms with Crippen LogP contribution in [0.15, 0.2) is 42.5 Å². The first kappa shape index (κ1) is 18.5. The molecule has 0 radical (unpaired) electrons. The maximum atomic E-state index is 12.3. The van der Waals surface area contributed by atoms with Crippen molar-refractivity contribution in [1.82, 2.24) is 0 Å². The van der Waals surface area contributed by atoms with Crippen LogP contribution in [0.2, 0.25) is 5.02 Å².